The Bertz CT molecular complexity index is 1340. The number of aryl methyl sites for hydroxylation is 1. The molecule has 0 aliphatic carbocycles. The maximum Gasteiger partial charge on any atom is 0.264 e. The average Bonchev–Trinajstić information content (AvgIpc) is 2.87. The van der Waals surface area contributed by atoms with Gasteiger partial charge in [-0.05, 0) is 97.1 Å². The van der Waals surface area contributed by atoms with Crippen molar-refractivity contribution in [3.63, 3.8) is 0 Å². The van der Waals surface area contributed by atoms with Gasteiger partial charge in [-0.1, -0.05) is 25.4 Å². The Labute approximate surface area is 224 Å². The molecule has 3 aromatic rings. The smallest absolute Gasteiger partial charge is 0.264 e. The van der Waals surface area contributed by atoms with Crippen LogP contribution in [0.2, 0.25) is 5.02 Å². The van der Waals surface area contributed by atoms with Crippen molar-refractivity contribution in [3.05, 3.63) is 82.4 Å². The Morgan fingerprint density at radius 3 is 2.11 bits per heavy atom. The molecule has 0 unspecified atom stereocenters. The second-order valence-electron chi connectivity index (χ2n) is 9.06. The first-order valence-corrected chi connectivity index (χ1v) is 13.7. The molecule has 7 nitrogen and oxygen atoms in total. The molecule has 0 saturated carbocycles. The van der Waals surface area contributed by atoms with Crippen LogP contribution in [0.4, 0.5) is 5.69 Å². The highest BCUT2D eigenvalue weighted by Gasteiger charge is 2.28. The Kier molecular flexibility index (Phi) is 9.10. The van der Waals surface area contributed by atoms with E-state index >= 15 is 0 Å². The lowest BCUT2D eigenvalue weighted by Crippen LogP contribution is -2.41. The van der Waals surface area contributed by atoms with Crippen LogP contribution in [0.5, 0.6) is 11.5 Å². The lowest BCUT2D eigenvalue weighted by molar-refractivity contribution is -0.120. The Morgan fingerprint density at radius 2 is 1.57 bits per heavy atom. The number of benzene rings is 3. The van der Waals surface area contributed by atoms with Crippen molar-refractivity contribution in [2.45, 2.75) is 44.6 Å². The van der Waals surface area contributed by atoms with Gasteiger partial charge in [0.15, 0.2) is 0 Å². The third-order valence-electron chi connectivity index (χ3n) is 6.13. The molecule has 1 N–H and O–H groups in total. The number of carbonyl (C=O) groups is 1. The molecule has 0 saturated heterocycles. The number of methoxy groups -OCH3 is 2. The fourth-order valence-electron chi connectivity index (χ4n) is 4.10. The molecule has 198 valence electrons. The summed E-state index contributed by atoms with van der Waals surface area (Å²) in [6.45, 7) is 7.58. The third-order valence-corrected chi connectivity index (χ3v) is 8.17. The Morgan fingerprint density at radius 1 is 0.946 bits per heavy atom. The molecule has 0 heterocycles. The minimum absolute atomic E-state index is 0.0386. The molecule has 0 bridgehead atoms. The third kappa shape index (κ3) is 6.56. The molecule has 1 atom stereocenters. The van der Waals surface area contributed by atoms with Crippen LogP contribution in [0.1, 0.15) is 49.4 Å². The molecule has 0 aromatic heterocycles. The van der Waals surface area contributed by atoms with Crippen LogP contribution in [0.3, 0.4) is 0 Å². The minimum Gasteiger partial charge on any atom is -0.497 e. The number of nitrogens with zero attached hydrogens (tertiary/aromatic N) is 1. The van der Waals surface area contributed by atoms with E-state index in [1.165, 1.54) is 19.2 Å². The summed E-state index contributed by atoms with van der Waals surface area (Å²) in [5.74, 6) is 1.11. The Balaban J connectivity index is 1.91. The summed E-state index contributed by atoms with van der Waals surface area (Å²) in [5.41, 5.74) is 3.27. The van der Waals surface area contributed by atoms with Crippen molar-refractivity contribution in [1.82, 2.24) is 5.32 Å². The fourth-order valence-corrected chi connectivity index (χ4v) is 5.65. The van der Waals surface area contributed by atoms with Gasteiger partial charge in [0.2, 0.25) is 5.91 Å². The summed E-state index contributed by atoms with van der Waals surface area (Å²) in [4.78, 5) is 13.3. The van der Waals surface area contributed by atoms with E-state index in [1.54, 1.807) is 43.5 Å². The lowest BCUT2D eigenvalue weighted by Gasteiger charge is -2.26. The molecule has 0 aliphatic heterocycles. The van der Waals surface area contributed by atoms with Crippen molar-refractivity contribution >= 4 is 33.2 Å². The molecule has 9 heteroatoms. The van der Waals surface area contributed by atoms with Crippen LogP contribution in [-0.2, 0) is 14.8 Å². The molecule has 3 aromatic carbocycles. The van der Waals surface area contributed by atoms with Crippen molar-refractivity contribution in [2.24, 2.45) is 0 Å². The highest BCUT2D eigenvalue weighted by molar-refractivity contribution is 7.92. The molecule has 0 fully saturated rings. The van der Waals surface area contributed by atoms with Crippen LogP contribution >= 0.6 is 11.6 Å². The zero-order valence-electron chi connectivity index (χ0n) is 21.9. The predicted molar refractivity (Wildman–Crippen MR) is 147 cm³/mol. The van der Waals surface area contributed by atoms with Gasteiger partial charge in [-0.3, -0.25) is 9.10 Å². The predicted octanol–water partition coefficient (Wildman–Crippen LogP) is 5.86. The number of rotatable bonds is 10. The number of anilines is 1. The number of carbonyl (C=O) groups excluding carboxylic acids is 1. The summed E-state index contributed by atoms with van der Waals surface area (Å²) >= 11 is 6.02. The summed E-state index contributed by atoms with van der Waals surface area (Å²) in [6.07, 6.45) is 0. The number of hydrogen-bond donors (Lipinski definition) is 1. The van der Waals surface area contributed by atoms with E-state index in [0.29, 0.717) is 16.5 Å². The largest absolute Gasteiger partial charge is 0.497 e. The monoisotopic (exact) mass is 544 g/mol. The van der Waals surface area contributed by atoms with E-state index in [2.05, 4.69) is 19.2 Å². The van der Waals surface area contributed by atoms with E-state index in [1.807, 2.05) is 26.0 Å². The second kappa shape index (κ2) is 11.9. The fraction of sp³-hybridized carbons (Fsp3) is 0.321. The first-order valence-electron chi connectivity index (χ1n) is 11.9. The second-order valence-corrected chi connectivity index (χ2v) is 11.4. The summed E-state index contributed by atoms with van der Waals surface area (Å²) < 4.78 is 39.0. The van der Waals surface area contributed by atoms with Gasteiger partial charge in [0.1, 0.15) is 18.0 Å². The van der Waals surface area contributed by atoms with E-state index < -0.39 is 22.5 Å². The summed E-state index contributed by atoms with van der Waals surface area (Å²) in [5, 5.41) is 3.42. The van der Waals surface area contributed by atoms with Crippen LogP contribution in [-0.4, -0.2) is 35.1 Å². The zero-order valence-corrected chi connectivity index (χ0v) is 23.5. The molecule has 0 radical (unpaired) electrons. The van der Waals surface area contributed by atoms with E-state index in [4.69, 9.17) is 21.1 Å². The standard InChI is InChI=1S/C28H33ClN2O5S/c1-18(2)25-16-26(19(3)15-27(25)36-6)20(4)30-28(32)17-31(22-9-7-21(29)8-10-22)37(33,34)24-13-11-23(35-5)12-14-24/h7-16,18,20H,17H2,1-6H3,(H,30,32)/t20-/m0/s1. The van der Waals surface area contributed by atoms with Gasteiger partial charge in [0.25, 0.3) is 10.0 Å². The number of nitrogens with one attached hydrogen (secondary N) is 1. The molecule has 1 amide bonds. The van der Waals surface area contributed by atoms with Gasteiger partial charge in [-0.15, -0.1) is 0 Å². The van der Waals surface area contributed by atoms with Gasteiger partial charge >= 0.3 is 0 Å². The minimum atomic E-state index is -4.07. The first kappa shape index (κ1) is 28.3. The van der Waals surface area contributed by atoms with E-state index in [9.17, 15) is 13.2 Å². The number of halogens is 1. The van der Waals surface area contributed by atoms with Crippen LogP contribution in [0.15, 0.2) is 65.6 Å². The van der Waals surface area contributed by atoms with Crippen LogP contribution < -0.4 is 19.1 Å². The molecule has 0 spiro atoms. The molecule has 3 rings (SSSR count). The molecule has 0 aliphatic rings. The summed E-state index contributed by atoms with van der Waals surface area (Å²) in [6, 6.07) is 16.0. The number of ether oxygens (including phenoxy) is 2. The van der Waals surface area contributed by atoms with Crippen LogP contribution in [0, 0.1) is 6.92 Å². The SMILES string of the molecule is COc1ccc(S(=O)(=O)N(CC(=O)N[C@@H](C)c2cc(C(C)C)c(OC)cc2C)c2ccc(Cl)cc2)cc1. The first-order chi connectivity index (χ1) is 17.5. The van der Waals surface area contributed by atoms with Gasteiger partial charge in [0.05, 0.1) is 30.8 Å². The van der Waals surface area contributed by atoms with E-state index in [0.717, 1.165) is 26.7 Å². The van der Waals surface area contributed by atoms with Crippen molar-refractivity contribution in [1.29, 1.82) is 0 Å². The maximum atomic E-state index is 13.6. The highest BCUT2D eigenvalue weighted by Crippen LogP contribution is 2.32. The van der Waals surface area contributed by atoms with Crippen molar-refractivity contribution in [3.8, 4) is 11.5 Å². The van der Waals surface area contributed by atoms with Crippen molar-refractivity contribution in [2.75, 3.05) is 25.1 Å². The van der Waals surface area contributed by atoms with Gasteiger partial charge in [0, 0.05) is 5.02 Å². The zero-order chi connectivity index (χ0) is 27.3. The normalized spacial score (nSPS) is 12.2. The van der Waals surface area contributed by atoms with E-state index in [-0.39, 0.29) is 16.9 Å². The Hall–Kier alpha value is -3.23. The summed E-state index contributed by atoms with van der Waals surface area (Å²) in [7, 11) is -0.923. The number of hydrogen-bond acceptors (Lipinski definition) is 5. The van der Waals surface area contributed by atoms with Gasteiger partial charge in [-0.2, -0.15) is 0 Å². The molecular weight excluding hydrogens is 512 g/mol. The van der Waals surface area contributed by atoms with Crippen LogP contribution in [0.25, 0.3) is 0 Å². The van der Waals surface area contributed by atoms with Gasteiger partial charge in [-0.25, -0.2) is 8.42 Å². The average molecular weight is 545 g/mol. The maximum absolute atomic E-state index is 13.6. The number of sulfonamides is 1. The quantitative estimate of drug-likeness (QED) is 0.345. The topological polar surface area (TPSA) is 84.9 Å². The van der Waals surface area contributed by atoms with Gasteiger partial charge < -0.3 is 14.8 Å². The molecular formula is C28H33ClN2O5S. The number of amides is 1. The van der Waals surface area contributed by atoms with Crippen molar-refractivity contribution < 1.29 is 22.7 Å². The molecule has 37 heavy (non-hydrogen) atoms. The highest BCUT2D eigenvalue weighted by atomic mass is 35.5. The lowest BCUT2D eigenvalue weighted by atomic mass is 9.93.